The van der Waals surface area contributed by atoms with Crippen molar-refractivity contribution in [2.24, 2.45) is 0 Å². The molecule has 2 aromatic carbocycles. The Morgan fingerprint density at radius 3 is 2.24 bits per heavy atom. The van der Waals surface area contributed by atoms with Gasteiger partial charge < -0.3 is 15.1 Å². The van der Waals surface area contributed by atoms with Crippen LogP contribution >= 0.6 is 0 Å². The van der Waals surface area contributed by atoms with Crippen LogP contribution in [0.25, 0.3) is 0 Å². The quantitative estimate of drug-likeness (QED) is 0.740. The molecule has 0 saturated heterocycles. The topological polar surface area (TPSA) is 71.3 Å². The van der Waals surface area contributed by atoms with Gasteiger partial charge in [0.15, 0.2) is 5.76 Å². The maximum Gasteiger partial charge on any atom is 0.291 e. The molecule has 2 amide bonds. The number of rotatable bonds is 5. The predicted octanol–water partition coefficient (Wildman–Crippen LogP) is 4.02. The molecule has 1 aromatic heterocycles. The average Bonchev–Trinajstić information content (AvgIpc) is 3.18. The van der Waals surface area contributed by atoms with E-state index < -0.39 is 0 Å². The number of carbonyl (C=O) groups excluding carboxylic acids is 2. The maximum atomic E-state index is 12.3. The molecule has 1 heterocycles. The average molecular weight is 334 g/mol. The first-order chi connectivity index (χ1) is 12.1. The van der Waals surface area contributed by atoms with Crippen molar-refractivity contribution in [1.29, 1.82) is 0 Å². The summed E-state index contributed by atoms with van der Waals surface area (Å²) < 4.78 is 5.04. The molecule has 0 radical (unpaired) electrons. The fourth-order valence-corrected chi connectivity index (χ4v) is 2.41. The van der Waals surface area contributed by atoms with Gasteiger partial charge >= 0.3 is 0 Å². The molecular formula is C20H18N2O3. The van der Waals surface area contributed by atoms with Gasteiger partial charge in [0.05, 0.1) is 12.3 Å². The molecule has 0 aliphatic rings. The Morgan fingerprint density at radius 1 is 0.880 bits per heavy atom. The van der Waals surface area contributed by atoms with Gasteiger partial charge in [-0.2, -0.15) is 0 Å². The summed E-state index contributed by atoms with van der Waals surface area (Å²) >= 11 is 0. The molecule has 5 heteroatoms. The zero-order valence-corrected chi connectivity index (χ0v) is 13.7. The molecule has 0 unspecified atom stereocenters. The summed E-state index contributed by atoms with van der Waals surface area (Å²) in [7, 11) is 0. The third kappa shape index (κ3) is 4.14. The fourth-order valence-electron chi connectivity index (χ4n) is 2.41. The van der Waals surface area contributed by atoms with E-state index in [-0.39, 0.29) is 23.6 Å². The minimum atomic E-state index is -0.333. The van der Waals surface area contributed by atoms with E-state index in [1.54, 1.807) is 36.4 Å². The van der Waals surface area contributed by atoms with E-state index >= 15 is 0 Å². The number of furan rings is 1. The van der Waals surface area contributed by atoms with Crippen LogP contribution in [-0.4, -0.2) is 11.8 Å². The minimum absolute atomic E-state index is 0.0907. The van der Waals surface area contributed by atoms with Crippen LogP contribution in [0, 0.1) is 0 Å². The summed E-state index contributed by atoms with van der Waals surface area (Å²) in [5.41, 5.74) is 2.16. The first kappa shape index (κ1) is 16.5. The van der Waals surface area contributed by atoms with Crippen molar-refractivity contribution in [3.8, 4) is 0 Å². The number of benzene rings is 2. The van der Waals surface area contributed by atoms with Gasteiger partial charge in [0.25, 0.3) is 11.8 Å². The number of carbonyl (C=O) groups is 2. The number of hydrogen-bond donors (Lipinski definition) is 2. The second-order valence-corrected chi connectivity index (χ2v) is 5.61. The van der Waals surface area contributed by atoms with E-state index in [9.17, 15) is 9.59 Å². The van der Waals surface area contributed by atoms with Gasteiger partial charge in [-0.25, -0.2) is 0 Å². The monoisotopic (exact) mass is 334 g/mol. The minimum Gasteiger partial charge on any atom is -0.459 e. The summed E-state index contributed by atoms with van der Waals surface area (Å²) in [4.78, 5) is 24.2. The van der Waals surface area contributed by atoms with Crippen molar-refractivity contribution in [2.45, 2.75) is 13.0 Å². The number of nitrogens with one attached hydrogen (secondary N) is 2. The molecule has 3 rings (SSSR count). The molecular weight excluding hydrogens is 316 g/mol. The summed E-state index contributed by atoms with van der Waals surface area (Å²) in [6, 6.07) is 19.6. The molecule has 5 nitrogen and oxygen atoms in total. The normalized spacial score (nSPS) is 11.6. The molecule has 2 N–H and O–H groups in total. The first-order valence-electron chi connectivity index (χ1n) is 7.94. The number of amides is 2. The summed E-state index contributed by atoms with van der Waals surface area (Å²) in [5, 5.41) is 5.67. The van der Waals surface area contributed by atoms with Crippen LogP contribution < -0.4 is 10.6 Å². The molecule has 0 spiro atoms. The Labute approximate surface area is 145 Å². The molecule has 3 aromatic rings. The van der Waals surface area contributed by atoms with Gasteiger partial charge in [0, 0.05) is 11.3 Å². The Balaban J connectivity index is 1.61. The van der Waals surface area contributed by atoms with Crippen molar-refractivity contribution in [3.63, 3.8) is 0 Å². The standard InChI is InChI=1S/C20H18N2O3/c1-14(15-6-3-2-4-7-15)21-19(23)16-9-11-17(12-10-16)22-20(24)18-8-5-13-25-18/h2-14H,1H3,(H,21,23)(H,22,24)/t14-/m0/s1. The van der Waals surface area contributed by atoms with Crippen molar-refractivity contribution in [3.05, 3.63) is 89.9 Å². The van der Waals surface area contributed by atoms with E-state index in [0.29, 0.717) is 11.3 Å². The first-order valence-corrected chi connectivity index (χ1v) is 7.94. The van der Waals surface area contributed by atoms with Crippen molar-refractivity contribution >= 4 is 17.5 Å². The molecule has 1 atom stereocenters. The zero-order valence-electron chi connectivity index (χ0n) is 13.7. The fraction of sp³-hybridized carbons (Fsp3) is 0.100. The maximum absolute atomic E-state index is 12.3. The van der Waals surface area contributed by atoms with Gasteiger partial charge in [0.2, 0.25) is 0 Å². The smallest absolute Gasteiger partial charge is 0.291 e. The van der Waals surface area contributed by atoms with Crippen LogP contribution in [-0.2, 0) is 0 Å². The highest BCUT2D eigenvalue weighted by Crippen LogP contribution is 2.15. The lowest BCUT2D eigenvalue weighted by Crippen LogP contribution is -2.26. The lowest BCUT2D eigenvalue weighted by molar-refractivity contribution is 0.0939. The lowest BCUT2D eigenvalue weighted by atomic mass is 10.1. The molecule has 0 fully saturated rings. The van der Waals surface area contributed by atoms with Crippen molar-refractivity contribution in [1.82, 2.24) is 5.32 Å². The summed E-state index contributed by atoms with van der Waals surface area (Å²) in [5.74, 6) is -0.265. The van der Waals surface area contributed by atoms with Gasteiger partial charge in [-0.05, 0) is 48.9 Å². The van der Waals surface area contributed by atoms with E-state index in [1.165, 1.54) is 6.26 Å². The molecule has 0 aliphatic heterocycles. The third-order valence-electron chi connectivity index (χ3n) is 3.80. The lowest BCUT2D eigenvalue weighted by Gasteiger charge is -2.14. The van der Waals surface area contributed by atoms with E-state index in [2.05, 4.69) is 10.6 Å². The highest BCUT2D eigenvalue weighted by atomic mass is 16.3. The van der Waals surface area contributed by atoms with E-state index in [4.69, 9.17) is 4.42 Å². The van der Waals surface area contributed by atoms with Crippen molar-refractivity contribution in [2.75, 3.05) is 5.32 Å². The largest absolute Gasteiger partial charge is 0.459 e. The Hall–Kier alpha value is -3.34. The molecule has 0 aliphatic carbocycles. The van der Waals surface area contributed by atoms with Crippen LogP contribution in [0.15, 0.2) is 77.4 Å². The Kier molecular flexibility index (Phi) is 4.95. The van der Waals surface area contributed by atoms with Crippen LogP contribution in [0.2, 0.25) is 0 Å². The summed E-state index contributed by atoms with van der Waals surface area (Å²) in [6.07, 6.45) is 1.44. The van der Waals surface area contributed by atoms with Crippen molar-refractivity contribution < 1.29 is 14.0 Å². The SMILES string of the molecule is C[C@H](NC(=O)c1ccc(NC(=O)c2ccco2)cc1)c1ccccc1. The molecule has 126 valence electrons. The van der Waals surface area contributed by atoms with Gasteiger partial charge in [-0.3, -0.25) is 9.59 Å². The second-order valence-electron chi connectivity index (χ2n) is 5.61. The van der Waals surface area contributed by atoms with Gasteiger partial charge in [-0.1, -0.05) is 30.3 Å². The van der Waals surface area contributed by atoms with Crippen LogP contribution in [0.5, 0.6) is 0 Å². The van der Waals surface area contributed by atoms with E-state index in [0.717, 1.165) is 5.56 Å². The molecule has 0 bridgehead atoms. The van der Waals surface area contributed by atoms with Gasteiger partial charge in [0.1, 0.15) is 0 Å². The highest BCUT2D eigenvalue weighted by Gasteiger charge is 2.12. The van der Waals surface area contributed by atoms with E-state index in [1.807, 2.05) is 37.3 Å². The Morgan fingerprint density at radius 2 is 1.60 bits per heavy atom. The number of hydrogen-bond acceptors (Lipinski definition) is 3. The van der Waals surface area contributed by atoms with Crippen LogP contribution in [0.1, 0.15) is 39.4 Å². The zero-order chi connectivity index (χ0) is 17.6. The van der Waals surface area contributed by atoms with Crippen LogP contribution in [0.3, 0.4) is 0 Å². The second kappa shape index (κ2) is 7.49. The highest BCUT2D eigenvalue weighted by molar-refractivity contribution is 6.02. The number of anilines is 1. The predicted molar refractivity (Wildman–Crippen MR) is 95.4 cm³/mol. The Bertz CT molecular complexity index is 840. The van der Waals surface area contributed by atoms with Crippen LogP contribution in [0.4, 0.5) is 5.69 Å². The van der Waals surface area contributed by atoms with Gasteiger partial charge in [-0.15, -0.1) is 0 Å². The summed E-state index contributed by atoms with van der Waals surface area (Å²) in [6.45, 7) is 1.94. The molecule has 25 heavy (non-hydrogen) atoms. The third-order valence-corrected chi connectivity index (χ3v) is 3.80. The molecule has 0 saturated carbocycles.